The monoisotopic (exact) mass is 310 g/mol. The smallest absolute Gasteiger partial charge is 0.315 e. The lowest BCUT2D eigenvalue weighted by molar-refractivity contribution is 0.0591. The number of aliphatic hydroxyl groups is 1. The van der Waals surface area contributed by atoms with E-state index in [9.17, 15) is 14.3 Å². The molecule has 0 unspecified atom stereocenters. The van der Waals surface area contributed by atoms with Gasteiger partial charge in [0.1, 0.15) is 11.4 Å². The first-order valence-corrected chi connectivity index (χ1v) is 7.49. The summed E-state index contributed by atoms with van der Waals surface area (Å²) in [5.41, 5.74) is -0.712. The number of hydrogen-bond acceptors (Lipinski definition) is 3. The number of halogens is 1. The fourth-order valence-electron chi connectivity index (χ4n) is 2.49. The summed E-state index contributed by atoms with van der Waals surface area (Å²) in [6, 6.07) is 5.26. The van der Waals surface area contributed by atoms with Crippen molar-refractivity contribution in [1.82, 2.24) is 10.6 Å². The normalized spacial score (nSPS) is 21.9. The van der Waals surface area contributed by atoms with Gasteiger partial charge in [0, 0.05) is 18.6 Å². The van der Waals surface area contributed by atoms with Crippen LogP contribution >= 0.6 is 0 Å². The van der Waals surface area contributed by atoms with E-state index in [1.807, 2.05) is 6.92 Å². The number of nitrogens with one attached hydrogen (secondary N) is 2. The molecule has 2 amide bonds. The average Bonchev–Trinajstić information content (AvgIpc) is 3.00. The Balaban J connectivity index is 1.82. The van der Waals surface area contributed by atoms with E-state index in [0.29, 0.717) is 18.1 Å². The third-order valence-electron chi connectivity index (χ3n) is 4.09. The lowest BCUT2D eigenvalue weighted by Gasteiger charge is -2.25. The minimum atomic E-state index is -1.26. The van der Waals surface area contributed by atoms with Crippen LogP contribution in [0.5, 0.6) is 0 Å². The molecule has 1 aromatic rings. The van der Waals surface area contributed by atoms with Gasteiger partial charge >= 0.3 is 6.03 Å². The second-order valence-corrected chi connectivity index (χ2v) is 6.02. The van der Waals surface area contributed by atoms with E-state index in [4.69, 9.17) is 4.74 Å². The Bertz CT molecular complexity index is 499. The lowest BCUT2D eigenvalue weighted by Crippen LogP contribution is -2.48. The van der Waals surface area contributed by atoms with E-state index in [2.05, 4.69) is 10.6 Å². The molecule has 122 valence electrons. The number of carbonyl (C=O) groups is 1. The molecule has 1 aliphatic rings. The second kappa shape index (κ2) is 7.07. The summed E-state index contributed by atoms with van der Waals surface area (Å²) in [5, 5.41) is 15.9. The van der Waals surface area contributed by atoms with Crippen molar-refractivity contribution < 1.29 is 19.0 Å². The lowest BCUT2D eigenvalue weighted by atomic mass is 9.96. The Morgan fingerprint density at radius 3 is 2.77 bits per heavy atom. The van der Waals surface area contributed by atoms with Crippen LogP contribution in [-0.4, -0.2) is 36.9 Å². The summed E-state index contributed by atoms with van der Waals surface area (Å²) in [4.78, 5) is 11.9. The highest BCUT2D eigenvalue weighted by atomic mass is 19.1. The topological polar surface area (TPSA) is 70.6 Å². The summed E-state index contributed by atoms with van der Waals surface area (Å²) in [5.74, 6) is -0.0405. The number of ether oxygens (including phenoxy) is 1. The Morgan fingerprint density at radius 1 is 1.50 bits per heavy atom. The SMILES string of the molecule is C[C@H](NC(=O)NC[C@@](C)(O)c1ccc(F)cc1)[C@H]1CCOC1. The first kappa shape index (κ1) is 16.7. The van der Waals surface area contributed by atoms with E-state index >= 15 is 0 Å². The zero-order valence-electron chi connectivity index (χ0n) is 12.9. The van der Waals surface area contributed by atoms with E-state index in [1.54, 1.807) is 6.92 Å². The Hall–Kier alpha value is -1.66. The van der Waals surface area contributed by atoms with Gasteiger partial charge in [-0.3, -0.25) is 0 Å². The maximum Gasteiger partial charge on any atom is 0.315 e. The highest BCUT2D eigenvalue weighted by molar-refractivity contribution is 5.74. The first-order valence-electron chi connectivity index (χ1n) is 7.49. The average molecular weight is 310 g/mol. The third-order valence-corrected chi connectivity index (χ3v) is 4.09. The molecule has 1 heterocycles. The number of benzene rings is 1. The molecular weight excluding hydrogens is 287 g/mol. The van der Waals surface area contributed by atoms with Gasteiger partial charge in [-0.1, -0.05) is 12.1 Å². The van der Waals surface area contributed by atoms with Crippen LogP contribution in [0.1, 0.15) is 25.8 Å². The van der Waals surface area contributed by atoms with Crippen LogP contribution in [0.15, 0.2) is 24.3 Å². The van der Waals surface area contributed by atoms with Crippen molar-refractivity contribution in [2.24, 2.45) is 5.92 Å². The molecule has 1 aromatic carbocycles. The first-order chi connectivity index (χ1) is 10.4. The Labute approximate surface area is 129 Å². The summed E-state index contributed by atoms with van der Waals surface area (Å²) >= 11 is 0. The van der Waals surface area contributed by atoms with E-state index in [0.717, 1.165) is 13.0 Å². The minimum absolute atomic E-state index is 0.0123. The van der Waals surface area contributed by atoms with Crippen LogP contribution in [0, 0.1) is 11.7 Å². The Morgan fingerprint density at radius 2 is 2.18 bits per heavy atom. The molecule has 3 N–H and O–H groups in total. The summed E-state index contributed by atoms with van der Waals surface area (Å²) in [7, 11) is 0. The van der Waals surface area contributed by atoms with Gasteiger partial charge in [-0.2, -0.15) is 0 Å². The zero-order valence-corrected chi connectivity index (χ0v) is 12.9. The fourth-order valence-corrected chi connectivity index (χ4v) is 2.49. The molecule has 0 spiro atoms. The van der Waals surface area contributed by atoms with Gasteiger partial charge in [0.15, 0.2) is 0 Å². The van der Waals surface area contributed by atoms with Gasteiger partial charge in [-0.05, 0) is 38.0 Å². The molecule has 1 aliphatic heterocycles. The highest BCUT2D eigenvalue weighted by Gasteiger charge is 2.26. The van der Waals surface area contributed by atoms with Crippen molar-refractivity contribution in [3.8, 4) is 0 Å². The minimum Gasteiger partial charge on any atom is -0.384 e. The van der Waals surface area contributed by atoms with E-state index < -0.39 is 5.60 Å². The van der Waals surface area contributed by atoms with Gasteiger partial charge < -0.3 is 20.5 Å². The van der Waals surface area contributed by atoms with Crippen LogP contribution in [0.25, 0.3) is 0 Å². The largest absolute Gasteiger partial charge is 0.384 e. The molecule has 0 bridgehead atoms. The molecule has 5 nitrogen and oxygen atoms in total. The van der Waals surface area contributed by atoms with Crippen molar-refractivity contribution in [2.45, 2.75) is 31.9 Å². The molecule has 6 heteroatoms. The van der Waals surface area contributed by atoms with Gasteiger partial charge in [-0.15, -0.1) is 0 Å². The number of carbonyl (C=O) groups excluding carboxylic acids is 1. The highest BCUT2D eigenvalue weighted by Crippen LogP contribution is 2.20. The van der Waals surface area contributed by atoms with Gasteiger partial charge in [-0.25, -0.2) is 9.18 Å². The predicted octanol–water partition coefficient (Wildman–Crippen LogP) is 1.76. The van der Waals surface area contributed by atoms with Crippen LogP contribution < -0.4 is 10.6 Å². The molecule has 3 atom stereocenters. The molecule has 1 fully saturated rings. The summed E-state index contributed by atoms with van der Waals surface area (Å²) < 4.78 is 18.2. The standard InChI is InChI=1S/C16H23FN2O3/c1-11(12-7-8-22-9-12)19-15(20)18-10-16(2,21)13-3-5-14(17)6-4-13/h3-6,11-12,21H,7-10H2,1-2H3,(H2,18,19,20)/t11-,12-,16+/m0/s1. The molecule has 0 aliphatic carbocycles. The molecular formula is C16H23FN2O3. The Kier molecular flexibility index (Phi) is 5.37. The number of hydrogen-bond donors (Lipinski definition) is 3. The molecule has 0 aromatic heterocycles. The third kappa shape index (κ3) is 4.42. The molecule has 1 saturated heterocycles. The van der Waals surface area contributed by atoms with Crippen molar-refractivity contribution in [1.29, 1.82) is 0 Å². The molecule has 0 saturated carbocycles. The number of amides is 2. The maximum atomic E-state index is 12.9. The second-order valence-electron chi connectivity index (χ2n) is 6.02. The van der Waals surface area contributed by atoms with E-state index in [-0.39, 0.29) is 24.4 Å². The van der Waals surface area contributed by atoms with Gasteiger partial charge in [0.25, 0.3) is 0 Å². The van der Waals surface area contributed by atoms with Crippen molar-refractivity contribution in [3.05, 3.63) is 35.6 Å². The fraction of sp³-hybridized carbons (Fsp3) is 0.562. The summed E-state index contributed by atoms with van der Waals surface area (Å²) in [6.07, 6.45) is 0.939. The van der Waals surface area contributed by atoms with Crippen molar-refractivity contribution in [2.75, 3.05) is 19.8 Å². The molecule has 2 rings (SSSR count). The van der Waals surface area contributed by atoms with Crippen LogP contribution in [0.2, 0.25) is 0 Å². The number of urea groups is 1. The number of rotatable bonds is 5. The molecule has 22 heavy (non-hydrogen) atoms. The van der Waals surface area contributed by atoms with Crippen molar-refractivity contribution >= 4 is 6.03 Å². The van der Waals surface area contributed by atoms with Crippen LogP contribution in [0.3, 0.4) is 0 Å². The predicted molar refractivity (Wildman–Crippen MR) is 80.9 cm³/mol. The zero-order chi connectivity index (χ0) is 16.2. The van der Waals surface area contributed by atoms with Gasteiger partial charge in [0.2, 0.25) is 0 Å². The quantitative estimate of drug-likeness (QED) is 0.776. The maximum absolute atomic E-state index is 12.9. The summed E-state index contributed by atoms with van der Waals surface area (Å²) in [6.45, 7) is 4.95. The molecule has 0 radical (unpaired) electrons. The van der Waals surface area contributed by atoms with Gasteiger partial charge in [0.05, 0.1) is 13.2 Å². The van der Waals surface area contributed by atoms with Crippen LogP contribution in [-0.2, 0) is 10.3 Å². The van der Waals surface area contributed by atoms with Crippen molar-refractivity contribution in [3.63, 3.8) is 0 Å². The van der Waals surface area contributed by atoms with E-state index in [1.165, 1.54) is 24.3 Å². The van der Waals surface area contributed by atoms with Crippen LogP contribution in [0.4, 0.5) is 9.18 Å².